The first-order valence-electron chi connectivity index (χ1n) is 12.7. The van der Waals surface area contributed by atoms with Crippen LogP contribution in [-0.4, -0.2) is 24.9 Å². The molecule has 0 amide bonds. The average molecular weight is 773 g/mol. The molecule has 0 aliphatic rings. The molecule has 13 heteroatoms. The summed E-state index contributed by atoms with van der Waals surface area (Å²) >= 11 is 0. The molecule has 0 aliphatic heterocycles. The number of nitro groups is 1. The van der Waals surface area contributed by atoms with Crippen molar-refractivity contribution in [3.63, 3.8) is 0 Å². The van der Waals surface area contributed by atoms with Gasteiger partial charge in [-0.25, -0.2) is 19.9 Å². The van der Waals surface area contributed by atoms with Crippen LogP contribution in [0.2, 0.25) is 0 Å². The molecule has 0 saturated carbocycles. The van der Waals surface area contributed by atoms with Crippen molar-refractivity contribution in [2.75, 3.05) is 17.2 Å². The molecule has 0 radical (unpaired) electrons. The Bertz CT molecular complexity index is 1890. The third-order valence-corrected chi connectivity index (χ3v) is 6.19. The molecule has 6 aromatic rings. The summed E-state index contributed by atoms with van der Waals surface area (Å²) in [4.78, 5) is 26.5. The summed E-state index contributed by atoms with van der Waals surface area (Å²) < 4.78 is 11.5. The van der Waals surface area contributed by atoms with Crippen LogP contribution in [0, 0.1) is 17.5 Å². The van der Waals surface area contributed by atoms with Crippen LogP contribution in [-0.2, 0) is 34.3 Å². The van der Waals surface area contributed by atoms with Crippen molar-refractivity contribution < 1.29 is 35.5 Å². The zero-order valence-corrected chi connectivity index (χ0v) is 25.8. The number of anilines is 3. The van der Waals surface area contributed by atoms with Crippen molar-refractivity contribution in [3.8, 4) is 11.5 Å². The van der Waals surface area contributed by atoms with E-state index in [0.29, 0.717) is 28.8 Å². The molecule has 6 rings (SSSR count). The number of fused-ring (bicyclic) bond motifs is 2. The van der Waals surface area contributed by atoms with Gasteiger partial charge in [0.2, 0.25) is 11.9 Å². The fraction of sp³-hybridized carbons (Fsp3) is 0.0645. The number of aromatic nitrogens is 4. The van der Waals surface area contributed by atoms with Gasteiger partial charge in [0, 0.05) is 61.4 Å². The molecule has 0 spiro atoms. The zero-order chi connectivity index (χ0) is 29.5. The smallest absolute Gasteiger partial charge is 0.277 e. The SMILES string of the molecule is Nc1nccc(COc2ccc(N)c3ccccc23)n1.Nc1nccc(COc2ccc([N+](=O)[O-])c3ccccc23)n1.[CH3-].[Pt]. The number of ether oxygens (including phenoxy) is 2. The van der Waals surface area contributed by atoms with Crippen molar-refractivity contribution >= 4 is 44.8 Å². The van der Waals surface area contributed by atoms with Gasteiger partial charge < -0.3 is 34.1 Å². The Balaban J connectivity index is 0.000000231. The van der Waals surface area contributed by atoms with Crippen molar-refractivity contribution in [2.45, 2.75) is 13.2 Å². The normalized spacial score (nSPS) is 10.1. The average Bonchev–Trinajstić information content (AvgIpc) is 3.00. The maximum atomic E-state index is 11.1. The zero-order valence-electron chi connectivity index (χ0n) is 23.6. The molecule has 228 valence electrons. The predicted octanol–water partition coefficient (Wildman–Crippen LogP) is 5.52. The molecule has 12 nitrogen and oxygen atoms in total. The quantitative estimate of drug-likeness (QED) is 0.0802. The van der Waals surface area contributed by atoms with Gasteiger partial charge in [-0.15, -0.1) is 0 Å². The molecular weight excluding hydrogens is 743 g/mol. The van der Waals surface area contributed by atoms with Crippen molar-refractivity contribution in [2.24, 2.45) is 0 Å². The summed E-state index contributed by atoms with van der Waals surface area (Å²) in [5.74, 6) is 1.74. The van der Waals surface area contributed by atoms with Gasteiger partial charge in [-0.2, -0.15) is 0 Å². The number of benzene rings is 4. The number of hydrogen-bond donors (Lipinski definition) is 3. The molecule has 44 heavy (non-hydrogen) atoms. The first kappa shape index (κ1) is 33.2. The molecule has 2 aromatic heterocycles. The van der Waals surface area contributed by atoms with Crippen LogP contribution in [0.3, 0.4) is 0 Å². The Kier molecular flexibility index (Phi) is 11.5. The summed E-state index contributed by atoms with van der Waals surface area (Å²) in [6.45, 7) is 0.537. The molecule has 2 heterocycles. The number of non-ortho nitro benzene ring substituents is 1. The number of nitro benzene ring substituents is 1. The van der Waals surface area contributed by atoms with Crippen molar-refractivity contribution in [1.29, 1.82) is 0 Å². The van der Waals surface area contributed by atoms with Crippen LogP contribution >= 0.6 is 0 Å². The van der Waals surface area contributed by atoms with E-state index in [4.69, 9.17) is 26.7 Å². The van der Waals surface area contributed by atoms with Gasteiger partial charge in [0.25, 0.3) is 5.69 Å². The van der Waals surface area contributed by atoms with Crippen molar-refractivity contribution in [3.05, 3.63) is 126 Å². The minimum absolute atomic E-state index is 0. The van der Waals surface area contributed by atoms with E-state index in [0.717, 1.165) is 27.9 Å². The minimum Gasteiger partial charge on any atom is -0.487 e. The first-order valence-corrected chi connectivity index (χ1v) is 12.7. The Morgan fingerprint density at radius 2 is 1.09 bits per heavy atom. The summed E-state index contributed by atoms with van der Waals surface area (Å²) in [5.41, 5.74) is 19.2. The Morgan fingerprint density at radius 3 is 1.59 bits per heavy atom. The van der Waals surface area contributed by atoms with Gasteiger partial charge in [-0.3, -0.25) is 10.1 Å². The van der Waals surface area contributed by atoms with Crippen LogP contribution in [0.25, 0.3) is 21.5 Å². The molecule has 6 N–H and O–H groups in total. The molecule has 4 aromatic carbocycles. The van der Waals surface area contributed by atoms with Gasteiger partial charge in [0.15, 0.2) is 0 Å². The molecule has 0 fully saturated rings. The van der Waals surface area contributed by atoms with E-state index in [-0.39, 0.29) is 52.7 Å². The second-order valence-electron chi connectivity index (χ2n) is 8.97. The van der Waals surface area contributed by atoms with Gasteiger partial charge in [-0.1, -0.05) is 42.5 Å². The number of nitrogens with two attached hydrogens (primary N) is 3. The Labute approximate surface area is 267 Å². The van der Waals surface area contributed by atoms with E-state index in [1.165, 1.54) is 6.07 Å². The molecule has 0 unspecified atom stereocenters. The summed E-state index contributed by atoms with van der Waals surface area (Å²) in [7, 11) is 0. The second-order valence-corrected chi connectivity index (χ2v) is 8.97. The van der Waals surface area contributed by atoms with E-state index in [9.17, 15) is 10.1 Å². The van der Waals surface area contributed by atoms with Gasteiger partial charge >= 0.3 is 0 Å². The summed E-state index contributed by atoms with van der Waals surface area (Å²) in [5, 5.41) is 14.3. The van der Waals surface area contributed by atoms with Crippen LogP contribution in [0.15, 0.2) is 97.3 Å². The maximum Gasteiger partial charge on any atom is 0.277 e. The standard InChI is InChI=1S/C15H12N4O3.C15H14N4O.CH3.Pt/c16-15-17-8-7-10(18-15)9-22-14-6-5-13(19(20)21)11-3-1-2-4-12(11)14;16-13-5-6-14(12-4-2-1-3-11(12)13)20-9-10-7-8-18-15(17)19-10;;/h1-8H,9H2,(H2,16,17,18);1-8H,9,16H2,(H2,17,18,19);1H3;/q;;-1;. The van der Waals surface area contributed by atoms with Crippen LogP contribution in [0.4, 0.5) is 23.3 Å². The minimum atomic E-state index is -0.406. The number of rotatable bonds is 7. The molecule has 0 bridgehead atoms. The van der Waals surface area contributed by atoms with Crippen LogP contribution in [0.1, 0.15) is 11.4 Å². The summed E-state index contributed by atoms with van der Waals surface area (Å²) in [6.07, 6.45) is 3.16. The molecule has 0 saturated heterocycles. The Morgan fingerprint density at radius 1 is 0.636 bits per heavy atom. The first-order chi connectivity index (χ1) is 20.4. The van der Waals surface area contributed by atoms with Gasteiger partial charge in [-0.05, 0) is 36.4 Å². The molecule has 0 aliphatic carbocycles. The van der Waals surface area contributed by atoms with Crippen LogP contribution < -0.4 is 26.7 Å². The fourth-order valence-corrected chi connectivity index (χ4v) is 4.25. The van der Waals surface area contributed by atoms with E-state index in [1.807, 2.05) is 42.5 Å². The van der Waals surface area contributed by atoms with Gasteiger partial charge in [0.05, 0.1) is 21.7 Å². The molecular formula is C31H29N8O4Pt-. The predicted molar refractivity (Wildman–Crippen MR) is 167 cm³/mol. The van der Waals surface area contributed by atoms with Gasteiger partial charge in [0.1, 0.15) is 24.7 Å². The fourth-order valence-electron chi connectivity index (χ4n) is 4.25. The summed E-state index contributed by atoms with van der Waals surface area (Å²) in [6, 6.07) is 25.1. The third-order valence-electron chi connectivity index (χ3n) is 6.19. The topological polar surface area (TPSA) is 191 Å². The van der Waals surface area contributed by atoms with E-state index in [2.05, 4.69) is 19.9 Å². The number of nitrogen functional groups attached to an aromatic ring is 3. The Hall–Kier alpha value is -5.35. The molecule has 0 atom stereocenters. The van der Waals surface area contributed by atoms with E-state index in [1.54, 1.807) is 48.8 Å². The van der Waals surface area contributed by atoms with E-state index < -0.39 is 4.92 Å². The van der Waals surface area contributed by atoms with Crippen molar-refractivity contribution in [1.82, 2.24) is 19.9 Å². The largest absolute Gasteiger partial charge is 0.487 e. The number of nitrogens with zero attached hydrogens (tertiary/aromatic N) is 5. The van der Waals surface area contributed by atoms with E-state index >= 15 is 0 Å². The maximum absolute atomic E-state index is 11.1. The number of hydrogen-bond acceptors (Lipinski definition) is 11. The monoisotopic (exact) mass is 772 g/mol. The van der Waals surface area contributed by atoms with Crippen LogP contribution in [0.5, 0.6) is 11.5 Å². The third kappa shape index (κ3) is 7.93. The second kappa shape index (κ2) is 15.2.